The largest absolute Gasteiger partial charge is 0.435 e. The molecule has 2 fully saturated rings. The number of hydrogen-bond donors (Lipinski definition) is 0. The van der Waals surface area contributed by atoms with Crippen molar-refractivity contribution in [2.75, 3.05) is 39.5 Å². The van der Waals surface area contributed by atoms with Gasteiger partial charge < -0.3 is 18.9 Å². The number of morpholine rings is 1. The fraction of sp³-hybridized carbons (Fsp3) is 0.625. The van der Waals surface area contributed by atoms with Crippen molar-refractivity contribution in [3.63, 3.8) is 0 Å². The zero-order chi connectivity index (χ0) is 16.1. The van der Waals surface area contributed by atoms with Gasteiger partial charge in [-0.3, -0.25) is 4.90 Å². The molecule has 1 aromatic carbocycles. The van der Waals surface area contributed by atoms with Crippen molar-refractivity contribution in [1.29, 1.82) is 0 Å². The van der Waals surface area contributed by atoms with E-state index in [0.717, 1.165) is 31.6 Å². The Bertz CT molecular complexity index is 479. The average Bonchev–Trinajstić information content (AvgIpc) is 3.07. The van der Waals surface area contributed by atoms with Gasteiger partial charge in [-0.05, 0) is 17.7 Å². The summed E-state index contributed by atoms with van der Waals surface area (Å²) in [5.74, 6) is 0.159. The molecule has 2 aliphatic rings. The number of hydrogen-bond acceptors (Lipinski definition) is 5. The van der Waals surface area contributed by atoms with Crippen molar-refractivity contribution in [1.82, 2.24) is 4.90 Å². The van der Waals surface area contributed by atoms with E-state index in [9.17, 15) is 8.78 Å². The second kappa shape index (κ2) is 8.01. The lowest BCUT2D eigenvalue weighted by Crippen LogP contribution is -2.39. The summed E-state index contributed by atoms with van der Waals surface area (Å²) in [6, 6.07) is 6.64. The van der Waals surface area contributed by atoms with E-state index >= 15 is 0 Å². The lowest BCUT2D eigenvalue weighted by molar-refractivity contribution is -0.0674. The highest BCUT2D eigenvalue weighted by Crippen LogP contribution is 2.25. The molecule has 0 radical (unpaired) electrons. The summed E-state index contributed by atoms with van der Waals surface area (Å²) in [6.07, 6.45) is 0.685. The lowest BCUT2D eigenvalue weighted by atomic mass is 10.1. The van der Waals surface area contributed by atoms with Gasteiger partial charge >= 0.3 is 6.61 Å². The van der Waals surface area contributed by atoms with Gasteiger partial charge in [-0.1, -0.05) is 12.1 Å². The predicted octanol–water partition coefficient (Wildman–Crippen LogP) is 2.42. The van der Waals surface area contributed by atoms with Crippen LogP contribution in [0, 0.1) is 0 Å². The maximum atomic E-state index is 12.2. The Hall–Kier alpha value is -1.28. The normalized spacial score (nSPS) is 23.5. The highest BCUT2D eigenvalue weighted by molar-refractivity contribution is 5.29. The maximum absolute atomic E-state index is 12.2. The third-order valence-electron chi connectivity index (χ3n) is 4.00. The second-order valence-electron chi connectivity index (χ2n) is 5.57. The molecule has 1 atom stereocenters. The molecule has 1 unspecified atom stereocenters. The average molecular weight is 329 g/mol. The topological polar surface area (TPSA) is 40.2 Å². The molecule has 0 saturated carbocycles. The molecule has 1 aromatic rings. The van der Waals surface area contributed by atoms with E-state index in [1.807, 2.05) is 0 Å². The van der Waals surface area contributed by atoms with Gasteiger partial charge in [0, 0.05) is 26.1 Å². The fourth-order valence-electron chi connectivity index (χ4n) is 2.83. The molecule has 3 rings (SSSR count). The standard InChI is InChI=1S/C16H21F2NO4/c17-16(18)23-13-3-1-12(2-4-13)14-11-19(7-8-20-14)6-5-15-21-9-10-22-15/h1-4,14-16H,5-11H2. The zero-order valence-corrected chi connectivity index (χ0v) is 12.8. The summed E-state index contributed by atoms with van der Waals surface area (Å²) >= 11 is 0. The molecule has 0 bridgehead atoms. The van der Waals surface area contributed by atoms with Crippen molar-refractivity contribution < 1.29 is 27.7 Å². The Kier molecular flexibility index (Phi) is 5.77. The summed E-state index contributed by atoms with van der Waals surface area (Å²) in [6.45, 7) is 1.70. The summed E-state index contributed by atoms with van der Waals surface area (Å²) in [5.41, 5.74) is 0.963. The van der Waals surface area contributed by atoms with Crippen LogP contribution >= 0.6 is 0 Å². The molecular formula is C16H21F2NO4. The van der Waals surface area contributed by atoms with Gasteiger partial charge in [-0.25, -0.2) is 0 Å². The van der Waals surface area contributed by atoms with E-state index in [0.29, 0.717) is 19.8 Å². The van der Waals surface area contributed by atoms with E-state index in [2.05, 4.69) is 9.64 Å². The molecule has 0 aromatic heterocycles. The molecule has 0 amide bonds. The fourth-order valence-corrected chi connectivity index (χ4v) is 2.83. The quantitative estimate of drug-likeness (QED) is 0.802. The van der Waals surface area contributed by atoms with Crippen LogP contribution in [0.5, 0.6) is 5.75 Å². The van der Waals surface area contributed by atoms with Crippen LogP contribution in [-0.4, -0.2) is 57.3 Å². The van der Waals surface area contributed by atoms with Gasteiger partial charge in [0.05, 0.1) is 25.9 Å². The third-order valence-corrected chi connectivity index (χ3v) is 4.00. The van der Waals surface area contributed by atoms with Crippen molar-refractivity contribution in [2.24, 2.45) is 0 Å². The van der Waals surface area contributed by atoms with Crippen LogP contribution in [0.3, 0.4) is 0 Å². The Labute approximate surface area is 134 Å². The molecule has 5 nitrogen and oxygen atoms in total. The molecule has 0 spiro atoms. The van der Waals surface area contributed by atoms with Crippen LogP contribution in [0.1, 0.15) is 18.1 Å². The van der Waals surface area contributed by atoms with Crippen LogP contribution in [0.2, 0.25) is 0 Å². The highest BCUT2D eigenvalue weighted by Gasteiger charge is 2.24. The first-order chi connectivity index (χ1) is 11.2. The first-order valence-electron chi connectivity index (χ1n) is 7.82. The molecule has 128 valence electrons. The summed E-state index contributed by atoms with van der Waals surface area (Å²) in [7, 11) is 0. The van der Waals surface area contributed by atoms with Crippen molar-refractivity contribution in [3.05, 3.63) is 29.8 Å². The van der Waals surface area contributed by atoms with Crippen LogP contribution in [0.25, 0.3) is 0 Å². The van der Waals surface area contributed by atoms with Gasteiger partial charge in [0.2, 0.25) is 0 Å². The third kappa shape index (κ3) is 4.84. The minimum absolute atomic E-state index is 0.0604. The number of nitrogens with zero attached hydrogens (tertiary/aromatic N) is 1. The van der Waals surface area contributed by atoms with Crippen LogP contribution < -0.4 is 4.74 Å². The van der Waals surface area contributed by atoms with Gasteiger partial charge in [0.1, 0.15) is 5.75 Å². The molecule has 0 N–H and O–H groups in total. The number of alkyl halides is 2. The molecule has 23 heavy (non-hydrogen) atoms. The molecule has 7 heteroatoms. The number of rotatable bonds is 6. The number of benzene rings is 1. The van der Waals surface area contributed by atoms with Crippen molar-refractivity contribution >= 4 is 0 Å². The summed E-state index contributed by atoms with van der Waals surface area (Å²) < 4.78 is 45.4. The van der Waals surface area contributed by atoms with E-state index in [1.54, 1.807) is 24.3 Å². The molecule has 2 heterocycles. The Morgan fingerprint density at radius 1 is 1.09 bits per heavy atom. The van der Waals surface area contributed by atoms with Crippen LogP contribution in [0.4, 0.5) is 8.78 Å². The van der Waals surface area contributed by atoms with E-state index < -0.39 is 6.61 Å². The van der Waals surface area contributed by atoms with Crippen LogP contribution in [-0.2, 0) is 14.2 Å². The smallest absolute Gasteiger partial charge is 0.387 e. The molecular weight excluding hydrogens is 308 g/mol. The Morgan fingerprint density at radius 2 is 1.83 bits per heavy atom. The first-order valence-corrected chi connectivity index (χ1v) is 7.82. The second-order valence-corrected chi connectivity index (χ2v) is 5.57. The van der Waals surface area contributed by atoms with Crippen molar-refractivity contribution in [2.45, 2.75) is 25.4 Å². The predicted molar refractivity (Wildman–Crippen MR) is 78.5 cm³/mol. The molecule has 2 saturated heterocycles. The summed E-state index contributed by atoms with van der Waals surface area (Å²) in [5, 5.41) is 0. The minimum Gasteiger partial charge on any atom is -0.435 e. The monoisotopic (exact) mass is 329 g/mol. The van der Waals surface area contributed by atoms with Gasteiger partial charge in [0.15, 0.2) is 6.29 Å². The van der Waals surface area contributed by atoms with Crippen molar-refractivity contribution in [3.8, 4) is 5.75 Å². The Morgan fingerprint density at radius 3 is 2.52 bits per heavy atom. The maximum Gasteiger partial charge on any atom is 0.387 e. The molecule has 0 aliphatic carbocycles. The minimum atomic E-state index is -2.80. The van der Waals surface area contributed by atoms with Crippen LogP contribution in [0.15, 0.2) is 24.3 Å². The van der Waals surface area contributed by atoms with Gasteiger partial charge in [0.25, 0.3) is 0 Å². The zero-order valence-electron chi connectivity index (χ0n) is 12.8. The summed E-state index contributed by atoms with van der Waals surface area (Å²) in [4.78, 5) is 2.31. The van der Waals surface area contributed by atoms with E-state index in [-0.39, 0.29) is 18.1 Å². The SMILES string of the molecule is FC(F)Oc1ccc(C2CN(CCC3OCCO3)CCO2)cc1. The van der Waals surface area contributed by atoms with Gasteiger partial charge in [-0.2, -0.15) is 8.78 Å². The first kappa shape index (κ1) is 16.6. The molecule has 2 aliphatic heterocycles. The number of halogens is 2. The van der Waals surface area contributed by atoms with Gasteiger partial charge in [-0.15, -0.1) is 0 Å². The number of ether oxygens (including phenoxy) is 4. The van der Waals surface area contributed by atoms with E-state index in [4.69, 9.17) is 14.2 Å². The van der Waals surface area contributed by atoms with E-state index in [1.165, 1.54) is 0 Å². The highest BCUT2D eigenvalue weighted by atomic mass is 19.3. The Balaban J connectivity index is 1.51. The lowest BCUT2D eigenvalue weighted by Gasteiger charge is -2.33.